The molecule has 2 aliphatic rings. The molecular weight excluding hydrogens is 451 g/mol. The molecule has 2 amide bonds. The van der Waals surface area contributed by atoms with E-state index in [1.165, 1.54) is 0 Å². The van der Waals surface area contributed by atoms with Crippen molar-refractivity contribution in [3.8, 4) is 0 Å². The first-order valence-electron chi connectivity index (χ1n) is 10.5. The number of fused-ring (bicyclic) bond motifs is 1. The summed E-state index contributed by atoms with van der Waals surface area (Å²) >= 11 is 13.8. The lowest BCUT2D eigenvalue weighted by atomic mass is 9.93. The molecule has 7 heteroatoms. The molecule has 1 aliphatic carbocycles. The van der Waals surface area contributed by atoms with Gasteiger partial charge in [-0.25, -0.2) is 0 Å². The maximum atomic E-state index is 13.3. The molecule has 4 nitrogen and oxygen atoms in total. The third kappa shape index (κ3) is 5.46. The van der Waals surface area contributed by atoms with Gasteiger partial charge in [0, 0.05) is 27.9 Å². The quantitative estimate of drug-likeness (QED) is 0.578. The van der Waals surface area contributed by atoms with Gasteiger partial charge in [0.05, 0.1) is 4.91 Å². The predicted molar refractivity (Wildman–Crippen MR) is 128 cm³/mol. The first-order chi connectivity index (χ1) is 15.0. The van der Waals surface area contributed by atoms with Crippen molar-refractivity contribution in [3.05, 3.63) is 74.6 Å². The van der Waals surface area contributed by atoms with E-state index in [4.69, 9.17) is 23.2 Å². The molecule has 2 aromatic carbocycles. The van der Waals surface area contributed by atoms with E-state index in [-0.39, 0.29) is 24.4 Å². The van der Waals surface area contributed by atoms with E-state index in [1.807, 2.05) is 48.5 Å². The molecule has 162 valence electrons. The fraction of sp³-hybridized carbons (Fsp3) is 0.333. The molecule has 0 radical (unpaired) electrons. The zero-order valence-electron chi connectivity index (χ0n) is 17.0. The summed E-state index contributed by atoms with van der Waals surface area (Å²) in [6.07, 6.45) is 6.14. The van der Waals surface area contributed by atoms with Gasteiger partial charge in [-0.1, -0.05) is 66.4 Å². The maximum Gasteiger partial charge on any atom is 0.261 e. The molecule has 0 spiro atoms. The topological polar surface area (TPSA) is 49.4 Å². The summed E-state index contributed by atoms with van der Waals surface area (Å²) in [6.45, 7) is 0.403. The zero-order valence-corrected chi connectivity index (χ0v) is 19.3. The van der Waals surface area contributed by atoms with Gasteiger partial charge in [0.2, 0.25) is 5.91 Å². The van der Waals surface area contributed by atoms with Crippen molar-refractivity contribution < 1.29 is 9.59 Å². The Bertz CT molecular complexity index is 993. The SMILES string of the molecule is O=C(CN1C(=O)/C(=C\c2ccc(Cl)cc2)SC2CCCCC21)NCc1ccccc1Cl. The molecule has 1 aliphatic heterocycles. The molecule has 2 unspecified atom stereocenters. The number of benzene rings is 2. The molecule has 1 saturated carbocycles. The van der Waals surface area contributed by atoms with Gasteiger partial charge in [0.1, 0.15) is 6.54 Å². The third-order valence-electron chi connectivity index (χ3n) is 5.73. The summed E-state index contributed by atoms with van der Waals surface area (Å²) in [4.78, 5) is 28.5. The number of halogens is 2. The molecule has 1 heterocycles. The minimum atomic E-state index is -0.171. The highest BCUT2D eigenvalue weighted by atomic mass is 35.5. The average Bonchev–Trinajstić information content (AvgIpc) is 2.77. The minimum Gasteiger partial charge on any atom is -0.350 e. The van der Waals surface area contributed by atoms with Crippen molar-refractivity contribution >= 4 is 52.9 Å². The summed E-state index contributed by atoms with van der Waals surface area (Å²) in [6, 6.07) is 15.0. The highest BCUT2D eigenvalue weighted by Crippen LogP contribution is 2.42. The lowest BCUT2D eigenvalue weighted by Gasteiger charge is -2.43. The Morgan fingerprint density at radius 3 is 2.61 bits per heavy atom. The Morgan fingerprint density at radius 1 is 1.10 bits per heavy atom. The first-order valence-corrected chi connectivity index (χ1v) is 12.1. The van der Waals surface area contributed by atoms with Crippen molar-refractivity contribution in [2.24, 2.45) is 0 Å². The highest BCUT2D eigenvalue weighted by molar-refractivity contribution is 8.04. The van der Waals surface area contributed by atoms with Gasteiger partial charge in [0.15, 0.2) is 0 Å². The molecule has 4 rings (SSSR count). The fourth-order valence-corrected chi connectivity index (χ4v) is 5.92. The number of rotatable bonds is 5. The van der Waals surface area contributed by atoms with E-state index in [0.29, 0.717) is 26.7 Å². The van der Waals surface area contributed by atoms with Crippen LogP contribution in [0.15, 0.2) is 53.4 Å². The molecule has 2 fully saturated rings. The number of hydrogen-bond acceptors (Lipinski definition) is 3. The normalized spacial score (nSPS) is 22.3. The molecule has 0 bridgehead atoms. The van der Waals surface area contributed by atoms with Crippen LogP contribution in [-0.2, 0) is 16.1 Å². The van der Waals surface area contributed by atoms with Crippen LogP contribution in [0.25, 0.3) is 6.08 Å². The maximum absolute atomic E-state index is 13.3. The van der Waals surface area contributed by atoms with Gasteiger partial charge in [-0.2, -0.15) is 0 Å². The molecule has 1 N–H and O–H groups in total. The Balaban J connectivity index is 1.49. The number of carbonyl (C=O) groups is 2. The van der Waals surface area contributed by atoms with Crippen LogP contribution in [0.2, 0.25) is 10.0 Å². The highest BCUT2D eigenvalue weighted by Gasteiger charge is 2.41. The second-order valence-corrected chi connectivity index (χ2v) is 9.99. The first kappa shape index (κ1) is 22.3. The van der Waals surface area contributed by atoms with Crippen LogP contribution in [-0.4, -0.2) is 34.6 Å². The second-order valence-electron chi connectivity index (χ2n) is 7.87. The van der Waals surface area contributed by atoms with E-state index in [0.717, 1.165) is 36.8 Å². The monoisotopic (exact) mass is 474 g/mol. The number of hydrogen-bond donors (Lipinski definition) is 1. The number of nitrogens with zero attached hydrogens (tertiary/aromatic N) is 1. The molecule has 1 saturated heterocycles. The van der Waals surface area contributed by atoms with Gasteiger partial charge < -0.3 is 10.2 Å². The van der Waals surface area contributed by atoms with E-state index in [1.54, 1.807) is 22.7 Å². The summed E-state index contributed by atoms with van der Waals surface area (Å²) in [5.74, 6) is -0.244. The number of amides is 2. The van der Waals surface area contributed by atoms with Crippen LogP contribution in [0.3, 0.4) is 0 Å². The van der Waals surface area contributed by atoms with E-state index >= 15 is 0 Å². The van der Waals surface area contributed by atoms with Crippen molar-refractivity contribution in [1.82, 2.24) is 10.2 Å². The summed E-state index contributed by atoms with van der Waals surface area (Å²) in [5.41, 5.74) is 1.79. The fourth-order valence-electron chi connectivity index (χ4n) is 4.12. The molecule has 2 atom stereocenters. The third-order valence-corrected chi connectivity index (χ3v) is 7.75. The van der Waals surface area contributed by atoms with Crippen LogP contribution in [0, 0.1) is 0 Å². The average molecular weight is 475 g/mol. The second kappa shape index (κ2) is 10.1. The standard InChI is InChI=1S/C24H24Cl2N2O2S/c25-18-11-9-16(10-12-18)13-22-24(30)28(20-7-3-4-8-21(20)31-22)15-23(29)27-14-17-5-1-2-6-19(17)26/h1-2,5-6,9-13,20-21H,3-4,7-8,14-15H2,(H,27,29)/b22-13+. The van der Waals surface area contributed by atoms with Crippen LogP contribution in [0.5, 0.6) is 0 Å². The lowest BCUT2D eigenvalue weighted by molar-refractivity contribution is -0.135. The Morgan fingerprint density at radius 2 is 1.84 bits per heavy atom. The van der Waals surface area contributed by atoms with Crippen molar-refractivity contribution in [2.45, 2.75) is 43.5 Å². The summed E-state index contributed by atoms with van der Waals surface area (Å²) < 4.78 is 0. The Hall–Kier alpha value is -1.95. The van der Waals surface area contributed by atoms with E-state index in [2.05, 4.69) is 5.32 Å². The lowest BCUT2D eigenvalue weighted by Crippen LogP contribution is -2.54. The minimum absolute atomic E-state index is 0.0585. The van der Waals surface area contributed by atoms with Crippen molar-refractivity contribution in [1.29, 1.82) is 0 Å². The molecule has 2 aromatic rings. The summed E-state index contributed by atoms with van der Waals surface area (Å²) in [7, 11) is 0. The van der Waals surface area contributed by atoms with Gasteiger partial charge in [-0.3, -0.25) is 9.59 Å². The van der Waals surface area contributed by atoms with E-state index < -0.39 is 0 Å². The van der Waals surface area contributed by atoms with Gasteiger partial charge in [0.25, 0.3) is 5.91 Å². The molecular formula is C24H24Cl2N2O2S. The Kier molecular flexibility index (Phi) is 7.26. The van der Waals surface area contributed by atoms with Gasteiger partial charge >= 0.3 is 0 Å². The number of thioether (sulfide) groups is 1. The summed E-state index contributed by atoms with van der Waals surface area (Å²) in [5, 5.41) is 4.52. The van der Waals surface area contributed by atoms with Crippen LogP contribution in [0.4, 0.5) is 0 Å². The van der Waals surface area contributed by atoms with Crippen molar-refractivity contribution in [3.63, 3.8) is 0 Å². The Labute approximate surface area is 197 Å². The number of carbonyl (C=O) groups excluding carboxylic acids is 2. The predicted octanol–water partition coefficient (Wildman–Crippen LogP) is 5.54. The molecule has 0 aromatic heterocycles. The van der Waals surface area contributed by atoms with Gasteiger partial charge in [-0.05, 0) is 48.2 Å². The van der Waals surface area contributed by atoms with Crippen LogP contribution >= 0.6 is 35.0 Å². The largest absolute Gasteiger partial charge is 0.350 e. The van der Waals surface area contributed by atoms with Crippen LogP contribution < -0.4 is 5.32 Å². The number of nitrogens with one attached hydrogen (secondary N) is 1. The van der Waals surface area contributed by atoms with Crippen molar-refractivity contribution in [2.75, 3.05) is 6.54 Å². The van der Waals surface area contributed by atoms with Gasteiger partial charge in [-0.15, -0.1) is 11.8 Å². The smallest absolute Gasteiger partial charge is 0.261 e. The zero-order chi connectivity index (χ0) is 21.8. The van der Waals surface area contributed by atoms with Crippen LogP contribution in [0.1, 0.15) is 36.8 Å². The molecule has 31 heavy (non-hydrogen) atoms. The van der Waals surface area contributed by atoms with E-state index in [9.17, 15) is 9.59 Å².